The molecule has 1 saturated heterocycles. The number of piperidine rings is 1. The molecule has 19 heavy (non-hydrogen) atoms. The van der Waals surface area contributed by atoms with Gasteiger partial charge in [0.15, 0.2) is 0 Å². The Balaban J connectivity index is 2.18. The van der Waals surface area contributed by atoms with Gasteiger partial charge in [0.05, 0.1) is 0 Å². The third-order valence-electron chi connectivity index (χ3n) is 3.38. The average molecular weight is 261 g/mol. The zero-order valence-electron chi connectivity index (χ0n) is 11.4. The van der Waals surface area contributed by atoms with Crippen LogP contribution in [0.5, 0.6) is 0 Å². The summed E-state index contributed by atoms with van der Waals surface area (Å²) in [6.45, 7) is 1.65. The van der Waals surface area contributed by atoms with Gasteiger partial charge in [-0.1, -0.05) is 0 Å². The SMILES string of the molecule is CN(C)C(=O)c1cc(N2CCCC(C=O)C2)ccn1. The van der Waals surface area contributed by atoms with E-state index in [2.05, 4.69) is 9.88 Å². The Hall–Kier alpha value is -1.91. The van der Waals surface area contributed by atoms with E-state index in [1.165, 1.54) is 4.90 Å². The number of rotatable bonds is 3. The maximum absolute atomic E-state index is 11.9. The van der Waals surface area contributed by atoms with Gasteiger partial charge >= 0.3 is 0 Å². The third-order valence-corrected chi connectivity index (χ3v) is 3.38. The van der Waals surface area contributed by atoms with Crippen molar-refractivity contribution in [2.45, 2.75) is 12.8 Å². The van der Waals surface area contributed by atoms with Crippen LogP contribution in [0.15, 0.2) is 18.3 Å². The minimum atomic E-state index is -0.106. The van der Waals surface area contributed by atoms with E-state index in [9.17, 15) is 9.59 Å². The first-order valence-corrected chi connectivity index (χ1v) is 6.49. The predicted octanol–water partition coefficient (Wildman–Crippen LogP) is 1.20. The van der Waals surface area contributed by atoms with Crippen LogP contribution in [-0.4, -0.2) is 49.3 Å². The van der Waals surface area contributed by atoms with Gasteiger partial charge in [-0.15, -0.1) is 0 Å². The largest absolute Gasteiger partial charge is 0.371 e. The first-order valence-electron chi connectivity index (χ1n) is 6.49. The summed E-state index contributed by atoms with van der Waals surface area (Å²) in [5.74, 6) is -0.0132. The topological polar surface area (TPSA) is 53.5 Å². The van der Waals surface area contributed by atoms with Crippen LogP contribution in [0.2, 0.25) is 0 Å². The van der Waals surface area contributed by atoms with Crippen molar-refractivity contribution in [1.29, 1.82) is 0 Å². The van der Waals surface area contributed by atoms with Crippen LogP contribution in [0.25, 0.3) is 0 Å². The van der Waals surface area contributed by atoms with Crippen LogP contribution in [0.4, 0.5) is 5.69 Å². The number of aldehydes is 1. The lowest BCUT2D eigenvalue weighted by atomic mass is 9.99. The molecule has 5 nitrogen and oxygen atoms in total. The molecule has 1 unspecified atom stereocenters. The Bertz CT molecular complexity index is 474. The van der Waals surface area contributed by atoms with Crippen LogP contribution in [0.3, 0.4) is 0 Å². The van der Waals surface area contributed by atoms with E-state index >= 15 is 0 Å². The molecular weight excluding hydrogens is 242 g/mol. The van der Waals surface area contributed by atoms with Crippen LogP contribution >= 0.6 is 0 Å². The number of pyridine rings is 1. The number of nitrogens with zero attached hydrogens (tertiary/aromatic N) is 3. The first-order chi connectivity index (χ1) is 9.11. The van der Waals surface area contributed by atoms with Crippen molar-refractivity contribution in [3.05, 3.63) is 24.0 Å². The second-order valence-electron chi connectivity index (χ2n) is 5.08. The molecule has 0 radical (unpaired) electrons. The molecule has 5 heteroatoms. The molecule has 1 fully saturated rings. The quantitative estimate of drug-likeness (QED) is 0.767. The molecule has 0 aliphatic carbocycles. The molecule has 2 rings (SSSR count). The number of carbonyl (C=O) groups excluding carboxylic acids is 2. The lowest BCUT2D eigenvalue weighted by Crippen LogP contribution is -2.36. The van der Waals surface area contributed by atoms with Gasteiger partial charge in [0, 0.05) is 45.0 Å². The standard InChI is InChI=1S/C14H19N3O2/c1-16(2)14(19)13-8-12(5-6-15-13)17-7-3-4-11(9-17)10-18/h5-6,8,10-11H,3-4,7,9H2,1-2H3. The van der Waals surface area contributed by atoms with Crippen molar-refractivity contribution < 1.29 is 9.59 Å². The fourth-order valence-electron chi connectivity index (χ4n) is 2.32. The minimum absolute atomic E-state index is 0.0925. The highest BCUT2D eigenvalue weighted by atomic mass is 16.2. The summed E-state index contributed by atoms with van der Waals surface area (Å²) < 4.78 is 0. The number of anilines is 1. The highest BCUT2D eigenvalue weighted by Crippen LogP contribution is 2.22. The van der Waals surface area contributed by atoms with Gasteiger partial charge in [-0.3, -0.25) is 9.78 Å². The molecule has 0 N–H and O–H groups in total. The molecule has 0 aromatic carbocycles. The minimum Gasteiger partial charge on any atom is -0.371 e. The number of hydrogen-bond donors (Lipinski definition) is 0. The van der Waals surface area contributed by atoms with Crippen molar-refractivity contribution in [3.63, 3.8) is 0 Å². The monoisotopic (exact) mass is 261 g/mol. The maximum Gasteiger partial charge on any atom is 0.272 e. The Labute approximate surface area is 113 Å². The molecule has 1 atom stereocenters. The maximum atomic E-state index is 11.9. The van der Waals surface area contributed by atoms with Crippen LogP contribution in [0.1, 0.15) is 23.3 Å². The molecule has 1 aliphatic heterocycles. The zero-order chi connectivity index (χ0) is 13.8. The Kier molecular flexibility index (Phi) is 4.14. The normalized spacial score (nSPS) is 19.1. The summed E-state index contributed by atoms with van der Waals surface area (Å²) in [6.07, 6.45) is 4.63. The fraction of sp³-hybridized carbons (Fsp3) is 0.500. The average Bonchev–Trinajstić information content (AvgIpc) is 2.46. The Morgan fingerprint density at radius 1 is 1.53 bits per heavy atom. The molecule has 102 valence electrons. The predicted molar refractivity (Wildman–Crippen MR) is 73.3 cm³/mol. The van der Waals surface area contributed by atoms with E-state index in [1.54, 1.807) is 26.4 Å². The smallest absolute Gasteiger partial charge is 0.272 e. The molecule has 1 amide bonds. The van der Waals surface area contributed by atoms with Crippen molar-refractivity contribution in [2.75, 3.05) is 32.1 Å². The van der Waals surface area contributed by atoms with E-state index in [1.807, 2.05) is 6.07 Å². The van der Waals surface area contributed by atoms with Crippen molar-refractivity contribution in [2.24, 2.45) is 5.92 Å². The Morgan fingerprint density at radius 2 is 2.32 bits per heavy atom. The van der Waals surface area contributed by atoms with Gasteiger partial charge in [-0.05, 0) is 25.0 Å². The summed E-state index contributed by atoms with van der Waals surface area (Å²) >= 11 is 0. The van der Waals surface area contributed by atoms with Crippen molar-refractivity contribution in [1.82, 2.24) is 9.88 Å². The van der Waals surface area contributed by atoms with Gasteiger partial charge < -0.3 is 14.6 Å². The second-order valence-corrected chi connectivity index (χ2v) is 5.08. The fourth-order valence-corrected chi connectivity index (χ4v) is 2.32. The number of hydrogen-bond acceptors (Lipinski definition) is 4. The second kappa shape index (κ2) is 5.82. The van der Waals surface area contributed by atoms with Crippen molar-refractivity contribution >= 4 is 17.9 Å². The van der Waals surface area contributed by atoms with E-state index < -0.39 is 0 Å². The number of amides is 1. The van der Waals surface area contributed by atoms with Gasteiger partial charge in [0.25, 0.3) is 5.91 Å². The van der Waals surface area contributed by atoms with Crippen LogP contribution < -0.4 is 4.90 Å². The molecule has 1 aliphatic rings. The van der Waals surface area contributed by atoms with Gasteiger partial charge in [-0.2, -0.15) is 0 Å². The first kappa shape index (κ1) is 13.5. The van der Waals surface area contributed by atoms with Gasteiger partial charge in [0.2, 0.25) is 0 Å². The highest BCUT2D eigenvalue weighted by Gasteiger charge is 2.20. The zero-order valence-corrected chi connectivity index (χ0v) is 11.4. The van der Waals surface area contributed by atoms with Crippen LogP contribution in [0, 0.1) is 5.92 Å². The molecule has 0 saturated carbocycles. The Morgan fingerprint density at radius 3 is 3.00 bits per heavy atom. The summed E-state index contributed by atoms with van der Waals surface area (Å²) in [5, 5.41) is 0. The van der Waals surface area contributed by atoms with Crippen LogP contribution in [-0.2, 0) is 4.79 Å². The van der Waals surface area contributed by atoms with Gasteiger partial charge in [-0.25, -0.2) is 0 Å². The van der Waals surface area contributed by atoms with E-state index in [0.29, 0.717) is 5.69 Å². The summed E-state index contributed by atoms with van der Waals surface area (Å²) in [6, 6.07) is 3.69. The molecule has 0 spiro atoms. The summed E-state index contributed by atoms with van der Waals surface area (Å²) in [5.41, 5.74) is 1.41. The number of carbonyl (C=O) groups is 2. The molecule has 1 aromatic heterocycles. The van der Waals surface area contributed by atoms with E-state index in [-0.39, 0.29) is 11.8 Å². The summed E-state index contributed by atoms with van der Waals surface area (Å²) in [7, 11) is 3.42. The number of aromatic nitrogens is 1. The molecular formula is C14H19N3O2. The molecule has 2 heterocycles. The summed E-state index contributed by atoms with van der Waals surface area (Å²) in [4.78, 5) is 30.6. The van der Waals surface area contributed by atoms with E-state index in [4.69, 9.17) is 0 Å². The molecule has 1 aromatic rings. The lowest BCUT2D eigenvalue weighted by Gasteiger charge is -2.32. The third kappa shape index (κ3) is 3.10. The lowest BCUT2D eigenvalue weighted by molar-refractivity contribution is -0.111. The highest BCUT2D eigenvalue weighted by molar-refractivity contribution is 5.92. The van der Waals surface area contributed by atoms with Crippen molar-refractivity contribution in [3.8, 4) is 0 Å². The molecule has 0 bridgehead atoms. The van der Waals surface area contributed by atoms with Gasteiger partial charge in [0.1, 0.15) is 12.0 Å². The van der Waals surface area contributed by atoms with E-state index in [0.717, 1.165) is 37.9 Å².